The zero-order valence-electron chi connectivity index (χ0n) is 14.5. The predicted molar refractivity (Wildman–Crippen MR) is 101 cm³/mol. The summed E-state index contributed by atoms with van der Waals surface area (Å²) < 4.78 is 2.30. The first-order valence-corrected chi connectivity index (χ1v) is 9.48. The Morgan fingerprint density at radius 3 is 2.76 bits per heavy atom. The lowest BCUT2D eigenvalue weighted by Crippen LogP contribution is -2.23. The lowest BCUT2D eigenvalue weighted by molar-refractivity contribution is 0.0950. The van der Waals surface area contributed by atoms with Gasteiger partial charge in [0.25, 0.3) is 5.91 Å². The normalized spacial score (nSPS) is 13.8. The monoisotopic (exact) mass is 351 g/mol. The molecule has 4 nitrogen and oxygen atoms in total. The van der Waals surface area contributed by atoms with E-state index in [2.05, 4.69) is 21.8 Å². The molecule has 2 heterocycles. The lowest BCUT2D eigenvalue weighted by atomic mass is 10.2. The minimum Gasteiger partial charge on any atom is -0.345 e. The van der Waals surface area contributed by atoms with E-state index < -0.39 is 0 Å². The van der Waals surface area contributed by atoms with Crippen molar-refractivity contribution in [3.63, 3.8) is 0 Å². The number of hydrogen-bond acceptors (Lipinski definition) is 3. The zero-order chi connectivity index (χ0) is 17.4. The number of carbonyl (C=O) groups excluding carboxylic acids is 1. The molecule has 128 valence electrons. The highest BCUT2D eigenvalue weighted by Gasteiger charge is 2.28. The zero-order valence-corrected chi connectivity index (χ0v) is 15.3. The highest BCUT2D eigenvalue weighted by atomic mass is 32.1. The molecule has 0 bridgehead atoms. The van der Waals surface area contributed by atoms with Gasteiger partial charge in [-0.25, -0.2) is 4.98 Å². The Bertz CT molecular complexity index is 906. The summed E-state index contributed by atoms with van der Waals surface area (Å²) in [6, 6.07) is 12.7. The predicted octanol–water partition coefficient (Wildman–Crippen LogP) is 4.49. The number of carbonyl (C=O) groups is 1. The van der Waals surface area contributed by atoms with E-state index in [1.165, 1.54) is 18.5 Å². The highest BCUT2D eigenvalue weighted by molar-refractivity contribution is 7.09. The number of aromatic nitrogens is 2. The summed E-state index contributed by atoms with van der Waals surface area (Å²) in [6.45, 7) is 4.58. The lowest BCUT2D eigenvalue weighted by Gasteiger charge is -2.08. The fraction of sp³-hybridized carbons (Fsp3) is 0.300. The molecule has 25 heavy (non-hydrogen) atoms. The minimum absolute atomic E-state index is 0.0172. The van der Waals surface area contributed by atoms with Crippen molar-refractivity contribution in [2.24, 2.45) is 0 Å². The third kappa shape index (κ3) is 3.24. The molecule has 1 N–H and O–H groups in total. The minimum atomic E-state index is -0.0172. The van der Waals surface area contributed by atoms with Gasteiger partial charge in [0, 0.05) is 28.4 Å². The maximum atomic E-state index is 12.6. The van der Waals surface area contributed by atoms with Crippen molar-refractivity contribution < 1.29 is 4.79 Å². The summed E-state index contributed by atoms with van der Waals surface area (Å²) in [4.78, 5) is 17.2. The molecule has 0 saturated heterocycles. The molecular weight excluding hydrogens is 330 g/mol. The van der Waals surface area contributed by atoms with Gasteiger partial charge in [0.1, 0.15) is 5.01 Å². The summed E-state index contributed by atoms with van der Waals surface area (Å²) in [5, 5.41) is 5.97. The number of nitrogens with one attached hydrogen (secondary N) is 1. The van der Waals surface area contributed by atoms with Gasteiger partial charge in [0.05, 0.1) is 17.8 Å². The van der Waals surface area contributed by atoms with E-state index in [1.54, 1.807) is 11.3 Å². The molecule has 1 aromatic carbocycles. The molecule has 3 aromatic rings. The van der Waals surface area contributed by atoms with Crippen LogP contribution >= 0.6 is 11.3 Å². The maximum absolute atomic E-state index is 12.6. The van der Waals surface area contributed by atoms with Gasteiger partial charge in [-0.15, -0.1) is 11.3 Å². The van der Waals surface area contributed by atoms with Crippen LogP contribution in [0.25, 0.3) is 11.3 Å². The number of nitrogens with zero attached hydrogens (tertiary/aromatic N) is 2. The average molecular weight is 351 g/mol. The van der Waals surface area contributed by atoms with Crippen LogP contribution in [0.1, 0.15) is 45.6 Å². The molecule has 2 aromatic heterocycles. The summed E-state index contributed by atoms with van der Waals surface area (Å²) in [5.74, 6) is -0.0172. The van der Waals surface area contributed by atoms with E-state index in [0.717, 1.165) is 27.5 Å². The summed E-state index contributed by atoms with van der Waals surface area (Å²) in [7, 11) is 0. The van der Waals surface area contributed by atoms with Crippen LogP contribution in [0.4, 0.5) is 0 Å². The Balaban J connectivity index is 1.44. The molecule has 1 aliphatic rings. The quantitative estimate of drug-likeness (QED) is 0.736. The van der Waals surface area contributed by atoms with Gasteiger partial charge in [-0.3, -0.25) is 4.79 Å². The Labute approximate surface area is 151 Å². The second-order valence-corrected chi connectivity index (χ2v) is 7.50. The second kappa shape index (κ2) is 6.48. The van der Waals surface area contributed by atoms with Crippen LogP contribution in [0.15, 0.2) is 41.8 Å². The third-order valence-corrected chi connectivity index (χ3v) is 5.51. The van der Waals surface area contributed by atoms with Crippen molar-refractivity contribution >= 4 is 17.2 Å². The summed E-state index contributed by atoms with van der Waals surface area (Å²) in [6.07, 6.45) is 2.44. The fourth-order valence-corrected chi connectivity index (χ4v) is 4.03. The summed E-state index contributed by atoms with van der Waals surface area (Å²) in [5.41, 5.74) is 5.09. The van der Waals surface area contributed by atoms with E-state index in [-0.39, 0.29) is 5.91 Å². The van der Waals surface area contributed by atoms with E-state index >= 15 is 0 Å². The van der Waals surface area contributed by atoms with Crippen molar-refractivity contribution in [2.45, 2.75) is 39.3 Å². The molecule has 1 amide bonds. The third-order valence-electron chi connectivity index (χ3n) is 4.66. The Morgan fingerprint density at radius 2 is 2.04 bits per heavy atom. The number of benzene rings is 1. The van der Waals surface area contributed by atoms with Gasteiger partial charge in [-0.05, 0) is 32.8 Å². The first kappa shape index (κ1) is 16.1. The molecular formula is C20H21N3OS. The van der Waals surface area contributed by atoms with Crippen LogP contribution in [0.2, 0.25) is 0 Å². The number of rotatable bonds is 5. The van der Waals surface area contributed by atoms with Crippen molar-refractivity contribution in [1.82, 2.24) is 14.9 Å². The molecule has 0 unspecified atom stereocenters. The Hall–Kier alpha value is -2.40. The molecule has 1 saturated carbocycles. The van der Waals surface area contributed by atoms with Crippen LogP contribution in [-0.4, -0.2) is 15.5 Å². The van der Waals surface area contributed by atoms with E-state index in [9.17, 15) is 4.79 Å². The molecule has 1 aliphatic carbocycles. The number of aryl methyl sites for hydroxylation is 1. The van der Waals surface area contributed by atoms with E-state index in [4.69, 9.17) is 0 Å². The van der Waals surface area contributed by atoms with E-state index in [1.807, 2.05) is 48.7 Å². The topological polar surface area (TPSA) is 46.9 Å². The number of thiazole rings is 1. The van der Waals surface area contributed by atoms with Gasteiger partial charge >= 0.3 is 0 Å². The van der Waals surface area contributed by atoms with E-state index in [0.29, 0.717) is 12.6 Å². The standard InChI is InChI=1S/C20H21N3OS/c1-13-10-17(14(2)23(13)16-8-9-16)20(24)21-11-19-22-18(12-25-19)15-6-4-3-5-7-15/h3-7,10,12,16H,8-9,11H2,1-2H3,(H,21,24). The van der Waals surface area contributed by atoms with Gasteiger partial charge < -0.3 is 9.88 Å². The Kier molecular flexibility index (Phi) is 4.17. The van der Waals surface area contributed by atoms with Gasteiger partial charge in [0.2, 0.25) is 0 Å². The van der Waals surface area contributed by atoms with Crippen LogP contribution in [0.5, 0.6) is 0 Å². The smallest absolute Gasteiger partial charge is 0.253 e. The molecule has 0 spiro atoms. The molecule has 1 fully saturated rings. The first-order valence-electron chi connectivity index (χ1n) is 8.60. The summed E-state index contributed by atoms with van der Waals surface area (Å²) >= 11 is 1.58. The molecule has 0 radical (unpaired) electrons. The van der Waals surface area contributed by atoms with Crippen LogP contribution in [0, 0.1) is 13.8 Å². The fourth-order valence-electron chi connectivity index (χ4n) is 3.29. The van der Waals surface area contributed by atoms with Crippen LogP contribution in [-0.2, 0) is 6.54 Å². The molecule has 5 heteroatoms. The van der Waals surface area contributed by atoms with Crippen molar-refractivity contribution in [3.8, 4) is 11.3 Å². The maximum Gasteiger partial charge on any atom is 0.253 e. The van der Waals surface area contributed by atoms with Crippen LogP contribution in [0.3, 0.4) is 0 Å². The molecule has 0 atom stereocenters. The highest BCUT2D eigenvalue weighted by Crippen LogP contribution is 2.38. The van der Waals surface area contributed by atoms with Gasteiger partial charge in [-0.2, -0.15) is 0 Å². The van der Waals surface area contributed by atoms with Gasteiger partial charge in [0.15, 0.2) is 0 Å². The SMILES string of the molecule is Cc1cc(C(=O)NCc2nc(-c3ccccc3)cs2)c(C)n1C1CC1. The van der Waals surface area contributed by atoms with Crippen molar-refractivity contribution in [3.05, 3.63) is 63.7 Å². The average Bonchev–Trinajstić information content (AvgIpc) is 3.25. The Morgan fingerprint density at radius 1 is 1.28 bits per heavy atom. The van der Waals surface area contributed by atoms with Crippen LogP contribution < -0.4 is 5.32 Å². The number of amides is 1. The molecule has 0 aliphatic heterocycles. The second-order valence-electron chi connectivity index (χ2n) is 6.56. The molecule has 4 rings (SSSR count). The first-order chi connectivity index (χ1) is 12.1. The largest absolute Gasteiger partial charge is 0.345 e. The van der Waals surface area contributed by atoms with Crippen molar-refractivity contribution in [1.29, 1.82) is 0 Å². The van der Waals surface area contributed by atoms with Gasteiger partial charge in [-0.1, -0.05) is 30.3 Å². The number of hydrogen-bond donors (Lipinski definition) is 1. The van der Waals surface area contributed by atoms with Crippen molar-refractivity contribution in [2.75, 3.05) is 0 Å².